The number of hydrogen-bond acceptors (Lipinski definition) is 8. The average Bonchev–Trinajstić information content (AvgIpc) is 3.56. The van der Waals surface area contributed by atoms with Crippen LogP contribution in [-0.2, 0) is 14.4 Å². The molecule has 3 N–H and O–H groups in total. The van der Waals surface area contributed by atoms with Crippen LogP contribution in [0.3, 0.4) is 0 Å². The Hall–Kier alpha value is -2.79. The number of nitrogens with one attached hydrogen (secondary N) is 1. The Labute approximate surface area is 214 Å². The number of hydrogen-bond donors (Lipinski definition) is 3. The second-order valence-corrected chi connectivity index (χ2v) is 12.1. The van der Waals surface area contributed by atoms with Crippen LogP contribution in [0.5, 0.6) is 11.5 Å². The van der Waals surface area contributed by atoms with Gasteiger partial charge in [0, 0.05) is 29.0 Å². The molecule has 0 unspecified atom stereocenters. The van der Waals surface area contributed by atoms with Crippen LogP contribution >= 0.6 is 23.1 Å². The first-order valence-electron chi connectivity index (χ1n) is 12.2. The summed E-state index contributed by atoms with van der Waals surface area (Å²) in [4.78, 5) is 55.2. The normalized spacial score (nSPS) is 31.9. The van der Waals surface area contributed by atoms with E-state index in [0.29, 0.717) is 12.4 Å². The van der Waals surface area contributed by atoms with Crippen LogP contribution in [0.1, 0.15) is 42.5 Å². The van der Waals surface area contributed by atoms with Gasteiger partial charge in [0.2, 0.25) is 11.8 Å². The highest BCUT2D eigenvalue weighted by Crippen LogP contribution is 2.68. The third-order valence-electron chi connectivity index (χ3n) is 8.23. The van der Waals surface area contributed by atoms with Crippen LogP contribution in [0.15, 0.2) is 28.0 Å². The number of aromatic amines is 1. The number of aliphatic carboxylic acids is 1. The Kier molecular flexibility index (Phi) is 5.67. The zero-order chi connectivity index (χ0) is 25.3. The number of carboxylic acids is 1. The van der Waals surface area contributed by atoms with E-state index in [0.717, 1.165) is 21.9 Å². The van der Waals surface area contributed by atoms with Crippen molar-refractivity contribution in [2.75, 3.05) is 13.2 Å². The Balaban J connectivity index is 1.38. The number of thiazole rings is 1. The summed E-state index contributed by atoms with van der Waals surface area (Å²) in [5.74, 6) is -1.77. The molecule has 9 nitrogen and oxygen atoms in total. The van der Waals surface area contributed by atoms with Crippen LogP contribution in [0.2, 0.25) is 0 Å². The van der Waals surface area contributed by atoms with Crippen molar-refractivity contribution in [1.29, 1.82) is 0 Å². The summed E-state index contributed by atoms with van der Waals surface area (Å²) in [6.07, 6.45) is 0.946. The van der Waals surface area contributed by atoms with Gasteiger partial charge < -0.3 is 19.9 Å². The van der Waals surface area contributed by atoms with Crippen LogP contribution < -0.4 is 9.61 Å². The first-order valence-corrected chi connectivity index (χ1v) is 13.9. The summed E-state index contributed by atoms with van der Waals surface area (Å²) in [5, 5.41) is 20.1. The van der Waals surface area contributed by atoms with E-state index in [1.165, 1.54) is 16.2 Å². The molecule has 3 fully saturated rings. The molecule has 1 aromatic carbocycles. The molecular weight excluding hydrogens is 504 g/mol. The number of aromatic nitrogens is 1. The lowest BCUT2D eigenvalue weighted by Crippen LogP contribution is -2.42. The molecule has 0 radical (unpaired) electrons. The number of ether oxygens (including phenoxy) is 1. The van der Waals surface area contributed by atoms with Gasteiger partial charge in [0.15, 0.2) is 11.5 Å². The lowest BCUT2D eigenvalue weighted by Gasteiger charge is -2.43. The first kappa shape index (κ1) is 23.6. The zero-order valence-corrected chi connectivity index (χ0v) is 21.1. The van der Waals surface area contributed by atoms with E-state index in [9.17, 15) is 24.3 Å². The van der Waals surface area contributed by atoms with Crippen molar-refractivity contribution < 1.29 is 29.3 Å². The summed E-state index contributed by atoms with van der Waals surface area (Å²) in [6, 6.07) is 5.29. The highest BCUT2D eigenvalue weighted by Gasteiger charge is 2.69. The molecule has 36 heavy (non-hydrogen) atoms. The molecule has 2 saturated carbocycles. The Bertz CT molecular complexity index is 1320. The number of H-pyrrole nitrogens is 1. The van der Waals surface area contributed by atoms with Crippen molar-refractivity contribution in [2.45, 2.75) is 42.4 Å². The number of imide groups is 1. The lowest BCUT2D eigenvalue weighted by molar-refractivity contribution is -0.142. The summed E-state index contributed by atoms with van der Waals surface area (Å²) in [5.41, 5.74) is 0.919. The number of likely N-dealkylation sites (tertiary alicyclic amines) is 1. The average molecular weight is 531 g/mol. The van der Waals surface area contributed by atoms with Gasteiger partial charge in [-0.1, -0.05) is 17.4 Å². The highest BCUT2D eigenvalue weighted by molar-refractivity contribution is 8.00. The smallest absolute Gasteiger partial charge is 0.305 e. The number of thioether (sulfide) groups is 1. The van der Waals surface area contributed by atoms with Crippen LogP contribution in [0.4, 0.5) is 0 Å². The van der Waals surface area contributed by atoms with Gasteiger partial charge in [-0.25, -0.2) is 0 Å². The molecular formula is C25H26N2O7S2. The molecule has 7 atom stereocenters. The van der Waals surface area contributed by atoms with E-state index in [-0.39, 0.29) is 76.7 Å². The topological polar surface area (TPSA) is 137 Å². The predicted molar refractivity (Wildman–Crippen MR) is 131 cm³/mol. The maximum absolute atomic E-state index is 13.5. The number of amides is 2. The van der Waals surface area contributed by atoms with Crippen molar-refractivity contribution in [3.63, 3.8) is 0 Å². The van der Waals surface area contributed by atoms with Gasteiger partial charge >= 0.3 is 10.8 Å². The number of benzene rings is 1. The number of fused-ring (bicyclic) bond motifs is 9. The molecule has 4 aliphatic rings. The summed E-state index contributed by atoms with van der Waals surface area (Å²) >= 11 is 2.80. The summed E-state index contributed by atoms with van der Waals surface area (Å²) in [7, 11) is 0. The molecule has 2 aliphatic heterocycles. The minimum atomic E-state index is -0.944. The Morgan fingerprint density at radius 1 is 1.19 bits per heavy atom. The predicted octanol–water partition coefficient (Wildman–Crippen LogP) is 2.88. The van der Waals surface area contributed by atoms with Gasteiger partial charge in [-0.05, 0) is 55.2 Å². The van der Waals surface area contributed by atoms with Gasteiger partial charge in [0.25, 0.3) is 0 Å². The minimum Gasteiger partial charge on any atom is -0.504 e. The van der Waals surface area contributed by atoms with Crippen molar-refractivity contribution in [2.24, 2.45) is 29.6 Å². The van der Waals surface area contributed by atoms with E-state index in [2.05, 4.69) is 4.98 Å². The summed E-state index contributed by atoms with van der Waals surface area (Å²) in [6.45, 7) is 2.38. The number of rotatable bonds is 7. The number of aromatic hydroxyl groups is 1. The number of carbonyl (C=O) groups excluding carboxylic acids is 2. The van der Waals surface area contributed by atoms with Crippen LogP contribution in [-0.4, -0.2) is 56.3 Å². The first-order chi connectivity index (χ1) is 17.3. The highest BCUT2D eigenvalue weighted by atomic mass is 32.2. The van der Waals surface area contributed by atoms with Gasteiger partial charge in [-0.15, -0.1) is 11.8 Å². The largest absolute Gasteiger partial charge is 0.504 e. The number of nitrogens with zero attached hydrogens (tertiary/aromatic N) is 1. The lowest BCUT2D eigenvalue weighted by atomic mass is 9.68. The molecule has 1 saturated heterocycles. The monoisotopic (exact) mass is 530 g/mol. The molecule has 0 spiro atoms. The molecule has 3 heterocycles. The van der Waals surface area contributed by atoms with Gasteiger partial charge in [0.1, 0.15) is 0 Å². The molecule has 2 aliphatic carbocycles. The molecule has 1 aromatic heterocycles. The molecule has 2 aromatic rings. The summed E-state index contributed by atoms with van der Waals surface area (Å²) < 4.78 is 5.63. The number of phenolic OH excluding ortho intramolecular Hbond substituents is 1. The fourth-order valence-corrected chi connectivity index (χ4v) is 9.94. The SMILES string of the molecule is CCOc1cc([C@H]2c3sc(=O)[nH]c3S[C@@H]3[C@H]4C[C@@H]([C@@H]5C(=O)N(CCCC(=O)O)C(=O)[C@H]45)[C@@H]23)ccc1O. The second-order valence-electron chi connectivity index (χ2n) is 9.95. The van der Waals surface area contributed by atoms with Crippen LogP contribution in [0, 0.1) is 29.6 Å². The van der Waals surface area contributed by atoms with E-state index >= 15 is 0 Å². The maximum atomic E-state index is 13.5. The fraction of sp³-hybridized carbons (Fsp3) is 0.520. The molecule has 6 rings (SSSR count). The third kappa shape index (κ3) is 3.42. The van der Waals surface area contributed by atoms with Gasteiger partial charge in [-0.2, -0.15) is 0 Å². The quantitative estimate of drug-likeness (QED) is 0.465. The maximum Gasteiger partial charge on any atom is 0.305 e. The Morgan fingerprint density at radius 3 is 2.67 bits per heavy atom. The van der Waals surface area contributed by atoms with Gasteiger partial charge in [0.05, 0.1) is 23.5 Å². The number of phenols is 1. The number of carboxylic acid groups (broad SMARTS) is 1. The van der Waals surface area contributed by atoms with E-state index < -0.39 is 11.9 Å². The molecule has 11 heteroatoms. The second kappa shape index (κ2) is 8.65. The molecule has 2 amide bonds. The van der Waals surface area contributed by atoms with Crippen molar-refractivity contribution in [1.82, 2.24) is 9.88 Å². The van der Waals surface area contributed by atoms with Gasteiger partial charge in [-0.3, -0.25) is 24.1 Å². The molecule has 2 bridgehead atoms. The van der Waals surface area contributed by atoms with Crippen molar-refractivity contribution in [3.05, 3.63) is 38.3 Å². The van der Waals surface area contributed by atoms with Crippen molar-refractivity contribution in [3.8, 4) is 11.5 Å². The minimum absolute atomic E-state index is 0.0125. The zero-order valence-electron chi connectivity index (χ0n) is 19.5. The van der Waals surface area contributed by atoms with Crippen molar-refractivity contribution >= 4 is 40.9 Å². The fourth-order valence-electron chi connectivity index (χ4n) is 7.06. The molecule has 190 valence electrons. The Morgan fingerprint density at radius 2 is 1.94 bits per heavy atom. The van der Waals surface area contributed by atoms with E-state index in [1.54, 1.807) is 17.8 Å². The standard InChI is InChI=1S/C25H26N2O7S2/c1-2-34-14-8-10(5-6-13(14)28)16-17-11-9-12(20(17)35-22-21(16)36-25(33)26-22)19-18(11)23(31)27(24(19)32)7-3-4-15(29)30/h5-6,8,11-12,16-20,28H,2-4,7,9H2,1H3,(H,26,33)(H,29,30)/t11-,12+,16-,17+,18+,19-,20-/m1/s1. The van der Waals surface area contributed by atoms with E-state index in [4.69, 9.17) is 9.84 Å². The number of carbonyl (C=O) groups is 3. The van der Waals surface area contributed by atoms with Crippen LogP contribution in [0.25, 0.3) is 0 Å². The third-order valence-corrected chi connectivity index (χ3v) is 10.8. The van der Waals surface area contributed by atoms with E-state index in [1.807, 2.05) is 19.1 Å².